The Labute approximate surface area is 125 Å². The van der Waals surface area contributed by atoms with Crippen LogP contribution in [-0.4, -0.2) is 11.7 Å². The summed E-state index contributed by atoms with van der Waals surface area (Å²) in [6, 6.07) is 16.5. The Morgan fingerprint density at radius 2 is 1.86 bits per heavy atom. The van der Waals surface area contributed by atoms with Crippen LogP contribution in [0, 0.1) is 11.3 Å². The lowest BCUT2D eigenvalue weighted by atomic mass is 9.87. The number of nitriles is 1. The van der Waals surface area contributed by atoms with Gasteiger partial charge < -0.3 is 9.84 Å². The van der Waals surface area contributed by atoms with Crippen molar-refractivity contribution in [1.82, 2.24) is 0 Å². The molecule has 21 heavy (non-hydrogen) atoms. The van der Waals surface area contributed by atoms with E-state index < -0.39 is 5.60 Å². The Bertz CT molecular complexity index is 639. The summed E-state index contributed by atoms with van der Waals surface area (Å²) in [6.07, 6.45) is 0.959. The molecule has 0 amide bonds. The van der Waals surface area contributed by atoms with Crippen LogP contribution >= 0.6 is 0 Å². The molecule has 0 saturated heterocycles. The lowest BCUT2D eigenvalue weighted by Crippen LogP contribution is -2.22. The van der Waals surface area contributed by atoms with E-state index in [9.17, 15) is 5.11 Å². The van der Waals surface area contributed by atoms with Gasteiger partial charge in [0.2, 0.25) is 0 Å². The van der Waals surface area contributed by atoms with Gasteiger partial charge in [-0.2, -0.15) is 5.26 Å². The zero-order chi connectivity index (χ0) is 15.3. The molecule has 0 aliphatic rings. The SMILES string of the molecule is CCCOc1ccc(C(C)(O)c2cccc(C#N)c2)cc1. The molecule has 0 saturated carbocycles. The zero-order valence-corrected chi connectivity index (χ0v) is 12.3. The van der Waals surface area contributed by atoms with Crippen LogP contribution in [0.15, 0.2) is 48.5 Å². The van der Waals surface area contributed by atoms with Crippen molar-refractivity contribution in [3.05, 3.63) is 65.2 Å². The summed E-state index contributed by atoms with van der Waals surface area (Å²) >= 11 is 0. The molecule has 0 aromatic heterocycles. The normalized spacial score (nSPS) is 13.2. The molecule has 2 aromatic rings. The van der Waals surface area contributed by atoms with E-state index >= 15 is 0 Å². The fourth-order valence-corrected chi connectivity index (χ4v) is 2.15. The van der Waals surface area contributed by atoms with E-state index in [2.05, 4.69) is 13.0 Å². The molecule has 0 radical (unpaired) electrons. The summed E-state index contributed by atoms with van der Waals surface area (Å²) in [7, 11) is 0. The van der Waals surface area contributed by atoms with Gasteiger partial charge in [0, 0.05) is 0 Å². The molecule has 0 bridgehead atoms. The average Bonchev–Trinajstić information content (AvgIpc) is 2.53. The fraction of sp³-hybridized carbons (Fsp3) is 0.278. The third-order valence-corrected chi connectivity index (χ3v) is 3.44. The van der Waals surface area contributed by atoms with Crippen LogP contribution in [0.1, 0.15) is 37.0 Å². The van der Waals surface area contributed by atoms with Crippen molar-refractivity contribution in [3.63, 3.8) is 0 Å². The smallest absolute Gasteiger partial charge is 0.119 e. The summed E-state index contributed by atoms with van der Waals surface area (Å²) in [4.78, 5) is 0. The van der Waals surface area contributed by atoms with E-state index in [0.29, 0.717) is 17.7 Å². The van der Waals surface area contributed by atoms with Gasteiger partial charge >= 0.3 is 0 Å². The summed E-state index contributed by atoms with van der Waals surface area (Å²) in [5.74, 6) is 0.794. The molecule has 0 aliphatic carbocycles. The number of rotatable bonds is 5. The largest absolute Gasteiger partial charge is 0.494 e. The van der Waals surface area contributed by atoms with Crippen molar-refractivity contribution in [2.45, 2.75) is 25.9 Å². The van der Waals surface area contributed by atoms with Crippen molar-refractivity contribution in [2.24, 2.45) is 0 Å². The maximum absolute atomic E-state index is 10.8. The number of hydrogen-bond donors (Lipinski definition) is 1. The number of nitrogens with zero attached hydrogens (tertiary/aromatic N) is 1. The number of ether oxygens (including phenoxy) is 1. The van der Waals surface area contributed by atoms with Gasteiger partial charge in [0.15, 0.2) is 0 Å². The van der Waals surface area contributed by atoms with Gasteiger partial charge in [-0.05, 0) is 48.7 Å². The molecular formula is C18H19NO2. The maximum atomic E-state index is 10.8. The Kier molecular flexibility index (Phi) is 4.62. The van der Waals surface area contributed by atoms with E-state index in [1.165, 1.54) is 0 Å². The summed E-state index contributed by atoms with van der Waals surface area (Å²) in [5.41, 5.74) is 0.858. The van der Waals surface area contributed by atoms with Crippen molar-refractivity contribution in [2.75, 3.05) is 6.61 Å². The highest BCUT2D eigenvalue weighted by atomic mass is 16.5. The van der Waals surface area contributed by atoms with Gasteiger partial charge in [-0.15, -0.1) is 0 Å². The molecule has 2 aromatic carbocycles. The molecule has 1 N–H and O–H groups in total. The van der Waals surface area contributed by atoms with E-state index in [1.54, 1.807) is 25.1 Å². The van der Waals surface area contributed by atoms with Gasteiger partial charge in [0.1, 0.15) is 11.4 Å². The first kappa shape index (κ1) is 15.1. The number of aliphatic hydroxyl groups is 1. The van der Waals surface area contributed by atoms with E-state index in [1.807, 2.05) is 30.3 Å². The quantitative estimate of drug-likeness (QED) is 0.911. The number of benzene rings is 2. The average molecular weight is 281 g/mol. The Balaban J connectivity index is 2.28. The highest BCUT2D eigenvalue weighted by Gasteiger charge is 2.25. The Hall–Kier alpha value is -2.31. The molecule has 3 nitrogen and oxygen atoms in total. The van der Waals surface area contributed by atoms with Gasteiger partial charge in [0.05, 0.1) is 18.2 Å². The van der Waals surface area contributed by atoms with Gasteiger partial charge in [-0.1, -0.05) is 31.2 Å². The molecular weight excluding hydrogens is 262 g/mol. The summed E-state index contributed by atoms with van der Waals surface area (Å²) in [6.45, 7) is 4.46. The first-order valence-corrected chi connectivity index (χ1v) is 7.04. The molecule has 1 unspecified atom stereocenters. The second-order valence-corrected chi connectivity index (χ2v) is 5.14. The predicted octanol–water partition coefficient (Wildman–Crippen LogP) is 3.60. The second-order valence-electron chi connectivity index (χ2n) is 5.14. The van der Waals surface area contributed by atoms with Crippen LogP contribution in [0.4, 0.5) is 0 Å². The highest BCUT2D eigenvalue weighted by molar-refractivity contribution is 5.42. The van der Waals surface area contributed by atoms with Crippen molar-refractivity contribution in [3.8, 4) is 11.8 Å². The lowest BCUT2D eigenvalue weighted by molar-refractivity contribution is 0.102. The van der Waals surface area contributed by atoms with E-state index in [4.69, 9.17) is 10.00 Å². The predicted molar refractivity (Wildman–Crippen MR) is 82.1 cm³/mol. The number of hydrogen-bond acceptors (Lipinski definition) is 3. The van der Waals surface area contributed by atoms with Crippen LogP contribution in [0.25, 0.3) is 0 Å². The monoisotopic (exact) mass is 281 g/mol. The maximum Gasteiger partial charge on any atom is 0.119 e. The minimum Gasteiger partial charge on any atom is -0.494 e. The lowest BCUT2D eigenvalue weighted by Gasteiger charge is -2.25. The van der Waals surface area contributed by atoms with E-state index in [0.717, 1.165) is 17.7 Å². The Morgan fingerprint density at radius 1 is 1.14 bits per heavy atom. The van der Waals surface area contributed by atoms with Crippen LogP contribution in [0.5, 0.6) is 5.75 Å². The van der Waals surface area contributed by atoms with Gasteiger partial charge in [-0.3, -0.25) is 0 Å². The fourth-order valence-electron chi connectivity index (χ4n) is 2.15. The van der Waals surface area contributed by atoms with Gasteiger partial charge in [-0.25, -0.2) is 0 Å². The van der Waals surface area contributed by atoms with Crippen LogP contribution < -0.4 is 4.74 Å². The van der Waals surface area contributed by atoms with Crippen LogP contribution in [0.2, 0.25) is 0 Å². The van der Waals surface area contributed by atoms with Crippen LogP contribution in [0.3, 0.4) is 0 Å². The summed E-state index contributed by atoms with van der Waals surface area (Å²) < 4.78 is 5.54. The van der Waals surface area contributed by atoms with Crippen molar-refractivity contribution >= 4 is 0 Å². The molecule has 0 spiro atoms. The Morgan fingerprint density at radius 3 is 2.48 bits per heavy atom. The standard InChI is InChI=1S/C18H19NO2/c1-3-11-21-17-9-7-15(8-10-17)18(2,20)16-6-4-5-14(12-16)13-19/h4-10,12,20H,3,11H2,1-2H3. The van der Waals surface area contributed by atoms with Crippen LogP contribution in [-0.2, 0) is 5.60 Å². The zero-order valence-electron chi connectivity index (χ0n) is 12.3. The molecule has 108 valence electrons. The van der Waals surface area contributed by atoms with Crippen molar-refractivity contribution < 1.29 is 9.84 Å². The topological polar surface area (TPSA) is 53.2 Å². The molecule has 3 heteroatoms. The molecule has 0 aliphatic heterocycles. The third-order valence-electron chi connectivity index (χ3n) is 3.44. The molecule has 0 heterocycles. The van der Waals surface area contributed by atoms with E-state index in [-0.39, 0.29) is 0 Å². The summed E-state index contributed by atoms with van der Waals surface area (Å²) in [5, 5.41) is 19.8. The third kappa shape index (κ3) is 3.42. The van der Waals surface area contributed by atoms with Crippen molar-refractivity contribution in [1.29, 1.82) is 5.26 Å². The minimum absolute atomic E-state index is 0.538. The minimum atomic E-state index is -1.14. The molecule has 2 rings (SSSR count). The van der Waals surface area contributed by atoms with Gasteiger partial charge in [0.25, 0.3) is 0 Å². The highest BCUT2D eigenvalue weighted by Crippen LogP contribution is 2.30. The molecule has 0 fully saturated rings. The second kappa shape index (κ2) is 6.43. The first-order valence-electron chi connectivity index (χ1n) is 7.04. The first-order chi connectivity index (χ1) is 10.1. The molecule has 1 atom stereocenters.